The highest BCUT2D eigenvalue weighted by Crippen LogP contribution is 2.48. The summed E-state index contributed by atoms with van der Waals surface area (Å²) in [6, 6.07) is 50.5. The lowest BCUT2D eigenvalue weighted by atomic mass is 10.0. The van der Waals surface area contributed by atoms with Crippen LogP contribution in [-0.4, -0.2) is 25.4 Å². The van der Waals surface area contributed by atoms with Crippen molar-refractivity contribution in [1.82, 2.24) is 19.5 Å². The second-order valence-electron chi connectivity index (χ2n) is 11.0. The Hall–Kier alpha value is -5.16. The first kappa shape index (κ1) is 30.5. The van der Waals surface area contributed by atoms with Crippen LogP contribution in [-0.2, 0) is 6.54 Å². The molecular weight excluding hydrogens is 621 g/mol. The summed E-state index contributed by atoms with van der Waals surface area (Å²) in [6.45, 7) is 0.339. The van der Waals surface area contributed by atoms with Gasteiger partial charge in [-0.15, -0.1) is 11.6 Å². The maximum Gasteiger partial charge on any atom is 0.283 e. The summed E-state index contributed by atoms with van der Waals surface area (Å²) >= 11 is 6.20. The molecule has 0 unspecified atom stereocenters. The Morgan fingerprint density at radius 3 is 1.45 bits per heavy atom. The van der Waals surface area contributed by atoms with Crippen LogP contribution in [0.15, 0.2) is 161 Å². The molecular formula is C39H31ClN5OP. The molecule has 0 atom stereocenters. The van der Waals surface area contributed by atoms with Crippen LogP contribution in [0.2, 0.25) is 0 Å². The zero-order valence-corrected chi connectivity index (χ0v) is 27.2. The number of aromatic nitrogens is 4. The topological polar surface area (TPSA) is 73.0 Å². The quantitative estimate of drug-likeness (QED) is 0.117. The standard InChI is InChI=1S/C39H31ClN5OP/c40-27-16-28-45-38(46)36-37(42-35(30-19-8-2-9-20-30)34(41-36)29-17-6-1-7-18-29)43-39(45)44-47(31-21-10-3-11-22-31,32-23-12-4-13-24-32)33-25-14-5-15-26-33/h1-15,17-26H,16,27-28H2. The fourth-order valence-corrected chi connectivity index (χ4v) is 9.39. The van der Waals surface area contributed by atoms with E-state index in [4.69, 9.17) is 31.3 Å². The predicted octanol–water partition coefficient (Wildman–Crippen LogP) is 7.96. The van der Waals surface area contributed by atoms with E-state index < -0.39 is 7.05 Å². The molecule has 2 heterocycles. The van der Waals surface area contributed by atoms with E-state index in [1.165, 1.54) is 0 Å². The van der Waals surface area contributed by atoms with E-state index in [1.54, 1.807) is 4.57 Å². The monoisotopic (exact) mass is 651 g/mol. The Kier molecular flexibility index (Phi) is 8.87. The molecule has 0 aliphatic carbocycles. The second-order valence-corrected chi connectivity index (χ2v) is 14.4. The summed E-state index contributed by atoms with van der Waals surface area (Å²) in [5.74, 6) is 0.687. The van der Waals surface area contributed by atoms with E-state index in [9.17, 15) is 4.79 Å². The van der Waals surface area contributed by atoms with E-state index in [2.05, 4.69) is 36.4 Å². The maximum absolute atomic E-state index is 14.5. The van der Waals surface area contributed by atoms with E-state index in [0.717, 1.165) is 27.0 Å². The van der Waals surface area contributed by atoms with Crippen LogP contribution in [0.1, 0.15) is 6.42 Å². The summed E-state index contributed by atoms with van der Waals surface area (Å²) in [6.07, 6.45) is 0.561. The van der Waals surface area contributed by atoms with Crippen molar-refractivity contribution >= 4 is 51.7 Å². The number of rotatable bonds is 9. The van der Waals surface area contributed by atoms with Gasteiger partial charge in [-0.1, -0.05) is 152 Å². The molecule has 0 saturated heterocycles. The molecule has 0 bridgehead atoms. The van der Waals surface area contributed by atoms with Gasteiger partial charge >= 0.3 is 0 Å². The third-order valence-corrected chi connectivity index (χ3v) is 11.9. The summed E-state index contributed by atoms with van der Waals surface area (Å²) < 4.78 is 7.22. The normalized spacial score (nSPS) is 11.4. The second kappa shape index (κ2) is 13.7. The molecule has 7 aromatic rings. The SMILES string of the molecule is O=c1c2nc(-c3ccccc3)c(-c3ccccc3)nc2nc(N=P(c2ccccc2)(c2ccccc2)c2ccccc2)n1CCCCl. The fraction of sp³-hybridized carbons (Fsp3) is 0.0769. The van der Waals surface area contributed by atoms with Gasteiger partial charge in [-0.2, -0.15) is 4.98 Å². The molecule has 8 heteroatoms. The van der Waals surface area contributed by atoms with Crippen molar-refractivity contribution in [3.63, 3.8) is 0 Å². The van der Waals surface area contributed by atoms with Gasteiger partial charge in [-0.05, 0) is 6.42 Å². The number of fused-ring (bicyclic) bond motifs is 1. The van der Waals surface area contributed by atoms with Crippen LogP contribution in [0, 0.1) is 0 Å². The van der Waals surface area contributed by atoms with E-state index in [-0.39, 0.29) is 16.7 Å². The van der Waals surface area contributed by atoms with Crippen LogP contribution in [0.5, 0.6) is 0 Å². The Balaban J connectivity index is 1.61. The number of halogens is 1. The molecule has 0 saturated carbocycles. The summed E-state index contributed by atoms with van der Waals surface area (Å²) in [5.41, 5.74) is 3.17. The van der Waals surface area contributed by atoms with Crippen molar-refractivity contribution in [2.24, 2.45) is 4.74 Å². The van der Waals surface area contributed by atoms with Gasteiger partial charge in [0.05, 0.1) is 18.4 Å². The van der Waals surface area contributed by atoms with Crippen molar-refractivity contribution in [1.29, 1.82) is 0 Å². The zero-order chi connectivity index (χ0) is 32.1. The van der Waals surface area contributed by atoms with Crippen LogP contribution >= 0.6 is 18.7 Å². The summed E-state index contributed by atoms with van der Waals surface area (Å²) in [7, 11) is -2.74. The first-order chi connectivity index (χ1) is 23.2. The average molecular weight is 652 g/mol. The average Bonchev–Trinajstić information content (AvgIpc) is 3.15. The van der Waals surface area contributed by atoms with Crippen LogP contribution in [0.3, 0.4) is 0 Å². The Morgan fingerprint density at radius 1 is 0.574 bits per heavy atom. The molecule has 2 aromatic heterocycles. The minimum atomic E-state index is -2.74. The number of alkyl halides is 1. The van der Waals surface area contributed by atoms with Gasteiger partial charge in [0.25, 0.3) is 5.56 Å². The molecule has 6 nitrogen and oxygen atoms in total. The number of hydrogen-bond donors (Lipinski definition) is 0. The molecule has 0 aliphatic heterocycles. The van der Waals surface area contributed by atoms with Crippen molar-refractivity contribution in [2.45, 2.75) is 13.0 Å². The maximum atomic E-state index is 14.5. The van der Waals surface area contributed by atoms with E-state index in [0.29, 0.717) is 36.2 Å². The van der Waals surface area contributed by atoms with Crippen LogP contribution in [0.25, 0.3) is 33.7 Å². The van der Waals surface area contributed by atoms with Gasteiger partial charge in [-0.25, -0.2) is 14.7 Å². The van der Waals surface area contributed by atoms with Gasteiger partial charge < -0.3 is 0 Å². The molecule has 47 heavy (non-hydrogen) atoms. The highest BCUT2D eigenvalue weighted by atomic mass is 35.5. The van der Waals surface area contributed by atoms with Crippen molar-refractivity contribution in [3.05, 3.63) is 162 Å². The van der Waals surface area contributed by atoms with Gasteiger partial charge in [-0.3, -0.25) is 9.36 Å². The fourth-order valence-electron chi connectivity index (χ4n) is 5.80. The molecule has 230 valence electrons. The number of nitrogens with zero attached hydrogens (tertiary/aromatic N) is 5. The summed E-state index contributed by atoms with van der Waals surface area (Å²) in [4.78, 5) is 29.6. The van der Waals surface area contributed by atoms with Crippen LogP contribution < -0.4 is 21.5 Å². The lowest BCUT2D eigenvalue weighted by Crippen LogP contribution is -2.27. The largest absolute Gasteiger partial charge is 0.283 e. The molecule has 0 fully saturated rings. The van der Waals surface area contributed by atoms with Crippen molar-refractivity contribution < 1.29 is 0 Å². The minimum absolute atomic E-state index is 0.195. The molecule has 0 spiro atoms. The van der Waals surface area contributed by atoms with Crippen molar-refractivity contribution in [2.75, 3.05) is 5.88 Å². The van der Waals surface area contributed by atoms with Gasteiger partial charge in [0.15, 0.2) is 11.2 Å². The molecule has 0 amide bonds. The smallest absolute Gasteiger partial charge is 0.275 e. The third kappa shape index (κ3) is 5.94. The Bertz CT molecular complexity index is 2140. The molecule has 7 rings (SSSR count). The predicted molar refractivity (Wildman–Crippen MR) is 195 cm³/mol. The van der Waals surface area contributed by atoms with E-state index in [1.807, 2.05) is 115 Å². The third-order valence-electron chi connectivity index (χ3n) is 8.01. The first-order valence-corrected chi connectivity index (χ1v) is 17.8. The van der Waals surface area contributed by atoms with Gasteiger partial charge in [0.2, 0.25) is 5.95 Å². The van der Waals surface area contributed by atoms with E-state index >= 15 is 0 Å². The lowest BCUT2D eigenvalue weighted by Gasteiger charge is -2.27. The Labute approximate surface area is 278 Å². The van der Waals surface area contributed by atoms with Crippen LogP contribution in [0.4, 0.5) is 5.95 Å². The highest BCUT2D eigenvalue weighted by Gasteiger charge is 2.29. The lowest BCUT2D eigenvalue weighted by molar-refractivity contribution is 0.654. The van der Waals surface area contributed by atoms with Gasteiger partial charge in [0, 0.05) is 39.5 Å². The highest BCUT2D eigenvalue weighted by molar-refractivity contribution is 7.87. The molecule has 5 aromatic carbocycles. The minimum Gasteiger partial charge on any atom is -0.275 e. The first-order valence-electron chi connectivity index (χ1n) is 15.5. The van der Waals surface area contributed by atoms with Crippen molar-refractivity contribution in [3.8, 4) is 22.5 Å². The molecule has 0 N–H and O–H groups in total. The summed E-state index contributed by atoms with van der Waals surface area (Å²) in [5, 5.41) is 3.14. The molecule has 0 radical (unpaired) electrons. The van der Waals surface area contributed by atoms with Gasteiger partial charge in [0.1, 0.15) is 0 Å². The zero-order valence-electron chi connectivity index (χ0n) is 25.5. The molecule has 0 aliphatic rings. The number of hydrogen-bond acceptors (Lipinski definition) is 5. The Morgan fingerprint density at radius 2 is 1.00 bits per heavy atom. The number of benzene rings is 5.